The number of pyridine rings is 1. The monoisotopic (exact) mass is 456 g/mol. The molecule has 0 aromatic carbocycles. The molecule has 12 heteroatoms. The molecule has 0 unspecified atom stereocenters. The zero-order valence-corrected chi connectivity index (χ0v) is 17.9. The summed E-state index contributed by atoms with van der Waals surface area (Å²) in [7, 11) is -3.15. The maximum absolute atomic E-state index is 11.9. The second kappa shape index (κ2) is 9.23. The number of sulfonamides is 1. The van der Waals surface area contributed by atoms with Crippen LogP contribution in [0, 0.1) is 11.3 Å². The van der Waals surface area contributed by atoms with Crippen LogP contribution >= 0.6 is 0 Å². The van der Waals surface area contributed by atoms with Gasteiger partial charge < -0.3 is 10.3 Å². The van der Waals surface area contributed by atoms with Crippen molar-refractivity contribution >= 4 is 27.0 Å². The molecule has 1 saturated heterocycles. The number of aromatic nitrogens is 3. The standard InChI is InChI=1S/C14H16N6O3S.C5H8F2.H2/c1-24(22,23)20-4-2-11(3-5-20)17-14-16-8-10-6-9(7-15)13(21)18-12(10)19-14;6-5(7)3-1-2-4-5;/h6,8,11H,2-5H2,1H3,(H2,16,17,18,19,21);1-4H2;1H. The lowest BCUT2D eigenvalue weighted by molar-refractivity contribution is 0.00931. The third-order valence-corrected chi connectivity index (χ3v) is 6.61. The number of rotatable bonds is 3. The maximum atomic E-state index is 11.9. The Balaban J connectivity index is 0.000000388. The fraction of sp³-hybridized carbons (Fsp3) is 0.579. The van der Waals surface area contributed by atoms with Gasteiger partial charge in [-0.3, -0.25) is 4.79 Å². The predicted octanol–water partition coefficient (Wildman–Crippen LogP) is 2.47. The Hall–Kier alpha value is -2.65. The Morgan fingerprint density at radius 1 is 1.32 bits per heavy atom. The molecule has 1 aliphatic carbocycles. The summed E-state index contributed by atoms with van der Waals surface area (Å²) >= 11 is 0. The van der Waals surface area contributed by atoms with Crippen LogP contribution in [0.2, 0.25) is 0 Å². The van der Waals surface area contributed by atoms with Gasteiger partial charge in [0.15, 0.2) is 0 Å². The summed E-state index contributed by atoms with van der Waals surface area (Å²) in [6, 6.07) is 3.32. The SMILES string of the molecule is CS(=O)(=O)N1CCC(Nc2ncc3cc(C#N)c(=O)[nH]c3n2)CC1.FC1(F)CCCC1.[HH]. The number of aromatic amines is 1. The lowest BCUT2D eigenvalue weighted by atomic mass is 10.1. The first kappa shape index (κ1) is 23.0. The van der Waals surface area contributed by atoms with Gasteiger partial charge in [-0.05, 0) is 31.7 Å². The molecule has 2 aromatic heterocycles. The van der Waals surface area contributed by atoms with E-state index in [9.17, 15) is 22.0 Å². The molecular weight excluding hydrogens is 430 g/mol. The van der Waals surface area contributed by atoms with E-state index in [-0.39, 0.29) is 25.9 Å². The lowest BCUT2D eigenvalue weighted by Gasteiger charge is -2.30. The van der Waals surface area contributed by atoms with Gasteiger partial charge in [0.1, 0.15) is 17.3 Å². The number of H-pyrrole nitrogens is 1. The van der Waals surface area contributed by atoms with Gasteiger partial charge in [-0.25, -0.2) is 26.5 Å². The zero-order valence-electron chi connectivity index (χ0n) is 17.1. The molecule has 170 valence electrons. The van der Waals surface area contributed by atoms with E-state index < -0.39 is 21.5 Å². The molecule has 0 atom stereocenters. The molecular formula is C19H26F2N6O3S. The van der Waals surface area contributed by atoms with E-state index >= 15 is 0 Å². The first-order chi connectivity index (χ1) is 14.6. The summed E-state index contributed by atoms with van der Waals surface area (Å²) in [6.07, 6.45) is 5.71. The molecule has 31 heavy (non-hydrogen) atoms. The van der Waals surface area contributed by atoms with Crippen LogP contribution in [0.5, 0.6) is 0 Å². The molecule has 2 N–H and O–H groups in total. The number of anilines is 1. The molecule has 3 heterocycles. The van der Waals surface area contributed by atoms with Crippen LogP contribution in [0.1, 0.15) is 45.5 Å². The van der Waals surface area contributed by atoms with Crippen LogP contribution in [0.4, 0.5) is 14.7 Å². The van der Waals surface area contributed by atoms with Crippen LogP contribution < -0.4 is 10.9 Å². The summed E-state index contributed by atoms with van der Waals surface area (Å²) in [5, 5.41) is 12.6. The van der Waals surface area contributed by atoms with E-state index in [1.54, 1.807) is 0 Å². The lowest BCUT2D eigenvalue weighted by Crippen LogP contribution is -2.42. The summed E-state index contributed by atoms with van der Waals surface area (Å²) in [5.41, 5.74) is -0.124. The van der Waals surface area contributed by atoms with Crippen molar-refractivity contribution in [1.82, 2.24) is 19.3 Å². The molecule has 0 amide bonds. The normalized spacial score (nSPS) is 19.4. The van der Waals surface area contributed by atoms with Crippen molar-refractivity contribution in [3.05, 3.63) is 28.2 Å². The molecule has 2 aromatic rings. The van der Waals surface area contributed by atoms with Gasteiger partial charge in [-0.2, -0.15) is 10.2 Å². The fourth-order valence-electron chi connectivity index (χ4n) is 3.55. The minimum Gasteiger partial charge on any atom is -0.351 e. The number of nitriles is 1. The first-order valence-corrected chi connectivity index (χ1v) is 11.8. The number of hydrogen-bond acceptors (Lipinski definition) is 7. The number of fused-ring (bicyclic) bond motifs is 1. The van der Waals surface area contributed by atoms with E-state index in [0.717, 1.165) is 0 Å². The minimum atomic E-state index is -3.15. The molecule has 0 radical (unpaired) electrons. The van der Waals surface area contributed by atoms with Crippen molar-refractivity contribution in [3.8, 4) is 6.07 Å². The van der Waals surface area contributed by atoms with Crippen molar-refractivity contribution < 1.29 is 18.6 Å². The van der Waals surface area contributed by atoms with Gasteiger partial charge in [0.2, 0.25) is 21.9 Å². The first-order valence-electron chi connectivity index (χ1n) is 9.97. The fourth-order valence-corrected chi connectivity index (χ4v) is 4.43. The van der Waals surface area contributed by atoms with Crippen LogP contribution in [-0.4, -0.2) is 59.0 Å². The summed E-state index contributed by atoms with van der Waals surface area (Å²) in [5.74, 6) is -1.94. The van der Waals surface area contributed by atoms with Gasteiger partial charge >= 0.3 is 0 Å². The Morgan fingerprint density at radius 2 is 1.97 bits per heavy atom. The van der Waals surface area contributed by atoms with E-state index in [1.165, 1.54) is 22.8 Å². The highest BCUT2D eigenvalue weighted by atomic mass is 32.2. The van der Waals surface area contributed by atoms with Crippen LogP contribution in [0.3, 0.4) is 0 Å². The van der Waals surface area contributed by atoms with E-state index in [2.05, 4.69) is 20.3 Å². The second-order valence-electron chi connectivity index (χ2n) is 7.77. The number of nitrogens with one attached hydrogen (secondary N) is 2. The maximum Gasteiger partial charge on any atom is 0.267 e. The topological polar surface area (TPSA) is 132 Å². The van der Waals surface area contributed by atoms with Crippen molar-refractivity contribution in [1.29, 1.82) is 5.26 Å². The quantitative estimate of drug-likeness (QED) is 0.725. The van der Waals surface area contributed by atoms with Gasteiger partial charge in [-0.1, -0.05) is 0 Å². The summed E-state index contributed by atoms with van der Waals surface area (Å²) in [4.78, 5) is 22.7. The van der Waals surface area contributed by atoms with Crippen LogP contribution in [0.25, 0.3) is 11.0 Å². The summed E-state index contributed by atoms with van der Waals surface area (Å²) < 4.78 is 48.4. The number of halogens is 2. The van der Waals surface area contributed by atoms with Crippen molar-refractivity contribution in [2.45, 2.75) is 50.5 Å². The molecule has 1 aliphatic heterocycles. The van der Waals surface area contributed by atoms with Gasteiger partial charge in [0.05, 0.1) is 6.26 Å². The molecule has 2 fully saturated rings. The van der Waals surface area contributed by atoms with Crippen molar-refractivity contribution in [3.63, 3.8) is 0 Å². The van der Waals surface area contributed by atoms with E-state index in [1.807, 2.05) is 6.07 Å². The second-order valence-corrected chi connectivity index (χ2v) is 9.75. The van der Waals surface area contributed by atoms with E-state index in [0.29, 0.717) is 55.8 Å². The molecule has 0 spiro atoms. The highest BCUT2D eigenvalue weighted by molar-refractivity contribution is 7.88. The number of hydrogen-bond donors (Lipinski definition) is 2. The Bertz CT molecular complexity index is 1140. The molecule has 0 bridgehead atoms. The molecule has 9 nitrogen and oxygen atoms in total. The van der Waals surface area contributed by atoms with Crippen LogP contribution in [0.15, 0.2) is 17.1 Å². The zero-order chi connectivity index (χ0) is 22.6. The third-order valence-electron chi connectivity index (χ3n) is 5.31. The Kier molecular flexibility index (Phi) is 6.86. The van der Waals surface area contributed by atoms with Crippen LogP contribution in [-0.2, 0) is 10.0 Å². The summed E-state index contributed by atoms with van der Waals surface area (Å²) in [6.45, 7) is 0.902. The average molecular weight is 457 g/mol. The van der Waals surface area contributed by atoms with Gasteiger partial charge in [0, 0.05) is 45.0 Å². The number of piperidine rings is 1. The van der Waals surface area contributed by atoms with Gasteiger partial charge in [0.25, 0.3) is 5.56 Å². The molecule has 2 aliphatic rings. The van der Waals surface area contributed by atoms with Gasteiger partial charge in [-0.15, -0.1) is 0 Å². The third kappa shape index (κ3) is 6.18. The number of alkyl halides is 2. The Labute approximate surface area is 180 Å². The van der Waals surface area contributed by atoms with Crippen molar-refractivity contribution in [2.75, 3.05) is 24.7 Å². The average Bonchev–Trinajstić information content (AvgIpc) is 3.11. The minimum absolute atomic E-state index is 0. The Morgan fingerprint density at radius 3 is 2.48 bits per heavy atom. The highest BCUT2D eigenvalue weighted by Crippen LogP contribution is 2.33. The predicted molar refractivity (Wildman–Crippen MR) is 113 cm³/mol. The van der Waals surface area contributed by atoms with E-state index in [4.69, 9.17) is 5.26 Å². The smallest absolute Gasteiger partial charge is 0.267 e. The number of nitrogens with zero attached hydrogens (tertiary/aromatic N) is 4. The highest BCUT2D eigenvalue weighted by Gasteiger charge is 2.32. The largest absolute Gasteiger partial charge is 0.351 e. The van der Waals surface area contributed by atoms with Crippen molar-refractivity contribution in [2.24, 2.45) is 0 Å². The molecule has 4 rings (SSSR count). The molecule has 1 saturated carbocycles.